The molecule has 0 saturated heterocycles. The van der Waals surface area contributed by atoms with Gasteiger partial charge in [-0.2, -0.15) is 0 Å². The smallest absolute Gasteiger partial charge is 0.276 e. The lowest BCUT2D eigenvalue weighted by Gasteiger charge is -2.24. The van der Waals surface area contributed by atoms with E-state index in [2.05, 4.69) is 15.3 Å². The highest BCUT2D eigenvalue weighted by Gasteiger charge is 2.26. The highest BCUT2D eigenvalue weighted by atomic mass is 32.2. The van der Waals surface area contributed by atoms with E-state index < -0.39 is 15.9 Å². The first-order valence-corrected chi connectivity index (χ1v) is 10.8. The van der Waals surface area contributed by atoms with Gasteiger partial charge in [0.1, 0.15) is 0 Å². The summed E-state index contributed by atoms with van der Waals surface area (Å²) in [5.41, 5.74) is 2.43. The Morgan fingerprint density at radius 3 is 2.75 bits per heavy atom. The van der Waals surface area contributed by atoms with Gasteiger partial charge >= 0.3 is 0 Å². The normalized spacial score (nSPS) is 12.9. The fourth-order valence-corrected chi connectivity index (χ4v) is 4.13. The van der Waals surface area contributed by atoms with Gasteiger partial charge in [0.25, 0.3) is 5.91 Å². The summed E-state index contributed by atoms with van der Waals surface area (Å²) in [4.78, 5) is 18.5. The van der Waals surface area contributed by atoms with E-state index in [0.717, 1.165) is 16.6 Å². The van der Waals surface area contributed by atoms with Crippen molar-refractivity contribution in [2.75, 3.05) is 18.6 Å². The molecule has 2 aromatic heterocycles. The van der Waals surface area contributed by atoms with Crippen LogP contribution in [-0.2, 0) is 9.84 Å². The third kappa shape index (κ3) is 3.89. The van der Waals surface area contributed by atoms with Gasteiger partial charge in [0.15, 0.2) is 15.5 Å². The van der Waals surface area contributed by atoms with E-state index in [1.54, 1.807) is 38.7 Å². The van der Waals surface area contributed by atoms with E-state index >= 15 is 0 Å². The van der Waals surface area contributed by atoms with E-state index in [9.17, 15) is 13.2 Å². The van der Waals surface area contributed by atoms with Crippen molar-refractivity contribution in [2.24, 2.45) is 0 Å². The van der Waals surface area contributed by atoms with E-state index in [1.165, 1.54) is 4.90 Å². The number of benzene rings is 1. The minimum atomic E-state index is -3.19. The SMILES string of the molecule is CCS(=O)(=O)CC(C)N(C)C(=O)c1nnn(-c2ccc3ncccc3c2)c1C. The van der Waals surface area contributed by atoms with Gasteiger partial charge in [0, 0.05) is 30.4 Å². The van der Waals surface area contributed by atoms with Crippen molar-refractivity contribution in [3.63, 3.8) is 0 Å². The molecule has 1 amide bonds. The highest BCUT2D eigenvalue weighted by Crippen LogP contribution is 2.19. The number of nitrogens with zero attached hydrogens (tertiary/aromatic N) is 5. The number of sulfone groups is 1. The van der Waals surface area contributed by atoms with Crippen molar-refractivity contribution in [3.8, 4) is 5.69 Å². The second kappa shape index (κ2) is 7.67. The van der Waals surface area contributed by atoms with Gasteiger partial charge in [-0.05, 0) is 38.1 Å². The van der Waals surface area contributed by atoms with Gasteiger partial charge in [-0.1, -0.05) is 18.2 Å². The fraction of sp³-hybridized carbons (Fsp3) is 0.368. The summed E-state index contributed by atoms with van der Waals surface area (Å²) in [6.07, 6.45) is 1.73. The number of amides is 1. The first-order chi connectivity index (χ1) is 13.2. The zero-order chi connectivity index (χ0) is 20.5. The van der Waals surface area contributed by atoms with Gasteiger partial charge in [-0.25, -0.2) is 13.1 Å². The topological polar surface area (TPSA) is 98.0 Å². The van der Waals surface area contributed by atoms with Crippen LogP contribution in [-0.4, -0.2) is 63.8 Å². The maximum Gasteiger partial charge on any atom is 0.276 e. The minimum Gasteiger partial charge on any atom is -0.337 e. The molecule has 3 aromatic rings. The molecule has 28 heavy (non-hydrogen) atoms. The molecule has 0 aliphatic heterocycles. The third-order valence-corrected chi connectivity index (χ3v) is 6.71. The van der Waals surface area contributed by atoms with Gasteiger partial charge in [0.2, 0.25) is 0 Å². The number of hydrogen-bond donors (Lipinski definition) is 0. The van der Waals surface area contributed by atoms with Crippen LogP contribution in [0, 0.1) is 6.92 Å². The quantitative estimate of drug-likeness (QED) is 0.627. The molecule has 0 bridgehead atoms. The molecule has 0 radical (unpaired) electrons. The van der Waals surface area contributed by atoms with Crippen LogP contribution in [0.2, 0.25) is 0 Å². The Labute approximate surface area is 164 Å². The molecule has 9 heteroatoms. The number of carbonyl (C=O) groups is 1. The summed E-state index contributed by atoms with van der Waals surface area (Å²) in [5, 5.41) is 9.13. The monoisotopic (exact) mass is 401 g/mol. The average molecular weight is 401 g/mol. The molecule has 0 N–H and O–H groups in total. The summed E-state index contributed by atoms with van der Waals surface area (Å²) >= 11 is 0. The van der Waals surface area contributed by atoms with Gasteiger partial charge in [-0.15, -0.1) is 5.10 Å². The molecule has 0 spiro atoms. The molecule has 1 atom stereocenters. The molecule has 0 aliphatic carbocycles. The van der Waals surface area contributed by atoms with Crippen molar-refractivity contribution < 1.29 is 13.2 Å². The van der Waals surface area contributed by atoms with Crippen molar-refractivity contribution in [1.29, 1.82) is 0 Å². The zero-order valence-electron chi connectivity index (χ0n) is 16.3. The van der Waals surface area contributed by atoms with E-state index in [4.69, 9.17) is 0 Å². The maximum absolute atomic E-state index is 12.8. The minimum absolute atomic E-state index is 0.0470. The molecule has 2 heterocycles. The lowest BCUT2D eigenvalue weighted by atomic mass is 10.2. The zero-order valence-corrected chi connectivity index (χ0v) is 17.1. The number of rotatable bonds is 6. The Hall–Kier alpha value is -2.81. The standard InChI is InChI=1S/C19H23N5O3S/c1-5-28(26,27)12-13(2)23(4)19(25)18-14(3)24(22-21-18)16-8-9-17-15(11-16)7-6-10-20-17/h6-11,13H,5,12H2,1-4H3. The molecular formula is C19H23N5O3S. The molecule has 8 nitrogen and oxygen atoms in total. The number of carbonyl (C=O) groups excluding carboxylic acids is 1. The van der Waals surface area contributed by atoms with Gasteiger partial charge in [0.05, 0.1) is 22.7 Å². The van der Waals surface area contributed by atoms with Crippen LogP contribution in [0.25, 0.3) is 16.6 Å². The van der Waals surface area contributed by atoms with Crippen LogP contribution in [0.3, 0.4) is 0 Å². The number of pyridine rings is 1. The maximum atomic E-state index is 12.8. The lowest BCUT2D eigenvalue weighted by molar-refractivity contribution is 0.0750. The number of hydrogen-bond acceptors (Lipinski definition) is 6. The lowest BCUT2D eigenvalue weighted by Crippen LogP contribution is -2.40. The molecule has 3 rings (SSSR count). The summed E-state index contributed by atoms with van der Waals surface area (Å²) in [7, 11) is -1.61. The Morgan fingerprint density at radius 1 is 1.29 bits per heavy atom. The summed E-state index contributed by atoms with van der Waals surface area (Å²) in [6.45, 7) is 5.07. The highest BCUT2D eigenvalue weighted by molar-refractivity contribution is 7.91. The largest absolute Gasteiger partial charge is 0.337 e. The van der Waals surface area contributed by atoms with Crippen molar-refractivity contribution in [1.82, 2.24) is 24.9 Å². The molecule has 1 aromatic carbocycles. The van der Waals surface area contributed by atoms with Crippen LogP contribution in [0.15, 0.2) is 36.5 Å². The number of aromatic nitrogens is 4. The third-order valence-electron chi connectivity index (χ3n) is 4.84. The second-order valence-electron chi connectivity index (χ2n) is 6.78. The van der Waals surface area contributed by atoms with Crippen LogP contribution < -0.4 is 0 Å². The van der Waals surface area contributed by atoms with Crippen LogP contribution >= 0.6 is 0 Å². The van der Waals surface area contributed by atoms with Crippen LogP contribution in [0.1, 0.15) is 30.0 Å². The summed E-state index contributed by atoms with van der Waals surface area (Å²) < 4.78 is 25.3. The second-order valence-corrected chi connectivity index (χ2v) is 9.18. The fourth-order valence-electron chi connectivity index (χ4n) is 2.93. The van der Waals surface area contributed by atoms with Crippen molar-refractivity contribution >= 4 is 26.6 Å². The van der Waals surface area contributed by atoms with Crippen molar-refractivity contribution in [3.05, 3.63) is 47.9 Å². The first kappa shape index (κ1) is 19.9. The van der Waals surface area contributed by atoms with Crippen LogP contribution in [0.5, 0.6) is 0 Å². The van der Waals surface area contributed by atoms with Crippen molar-refractivity contribution in [2.45, 2.75) is 26.8 Å². The van der Waals surface area contributed by atoms with Gasteiger partial charge < -0.3 is 4.90 Å². The van der Waals surface area contributed by atoms with Gasteiger partial charge in [-0.3, -0.25) is 9.78 Å². The Balaban J connectivity index is 1.88. The summed E-state index contributed by atoms with van der Waals surface area (Å²) in [6, 6.07) is 9.03. The molecule has 0 saturated carbocycles. The van der Waals surface area contributed by atoms with E-state index in [0.29, 0.717) is 5.69 Å². The Morgan fingerprint density at radius 2 is 2.04 bits per heavy atom. The summed E-state index contributed by atoms with van der Waals surface area (Å²) in [5.74, 6) is -0.396. The molecule has 0 aliphatic rings. The predicted octanol–water partition coefficient (Wildman–Crippen LogP) is 2.02. The molecule has 0 fully saturated rings. The molecule has 148 valence electrons. The Bertz CT molecular complexity index is 1120. The first-order valence-electron chi connectivity index (χ1n) is 8.98. The van der Waals surface area contributed by atoms with E-state index in [1.807, 2.05) is 30.3 Å². The van der Waals surface area contributed by atoms with Crippen LogP contribution in [0.4, 0.5) is 0 Å². The number of fused-ring (bicyclic) bond motifs is 1. The predicted molar refractivity (Wildman–Crippen MR) is 107 cm³/mol. The average Bonchev–Trinajstić information content (AvgIpc) is 3.07. The Kier molecular flexibility index (Phi) is 5.46. The molecule has 1 unspecified atom stereocenters. The molecular weight excluding hydrogens is 378 g/mol. The van der Waals surface area contributed by atoms with E-state index in [-0.39, 0.29) is 23.1 Å².